The number of carbonyl (C=O) groups excluding carboxylic acids is 2. The number of benzene rings is 1. The van der Waals surface area contributed by atoms with E-state index in [0.29, 0.717) is 19.4 Å². The monoisotopic (exact) mass is 360 g/mol. The largest absolute Gasteiger partial charge is 0.573 e. The molecule has 1 fully saturated rings. The summed E-state index contributed by atoms with van der Waals surface area (Å²) in [5, 5.41) is 2.40. The van der Waals surface area contributed by atoms with Gasteiger partial charge in [0.2, 0.25) is 0 Å². The first-order valence-corrected chi connectivity index (χ1v) is 7.87. The molecular weight excluding hydrogens is 341 g/mol. The van der Waals surface area contributed by atoms with Crippen LogP contribution in [0, 0.1) is 5.92 Å². The third-order valence-electron chi connectivity index (χ3n) is 3.68. The van der Waals surface area contributed by atoms with E-state index >= 15 is 0 Å². The molecule has 1 unspecified atom stereocenters. The number of urea groups is 1. The van der Waals surface area contributed by atoms with Gasteiger partial charge in [-0.15, -0.1) is 13.2 Å². The van der Waals surface area contributed by atoms with Gasteiger partial charge in [0.1, 0.15) is 0 Å². The number of amides is 2. The molecule has 0 radical (unpaired) electrons. The van der Waals surface area contributed by atoms with Crippen LogP contribution in [-0.2, 0) is 9.53 Å². The molecule has 1 N–H and O–H groups in total. The van der Waals surface area contributed by atoms with E-state index in [4.69, 9.17) is 4.74 Å². The Labute approximate surface area is 142 Å². The lowest BCUT2D eigenvalue weighted by molar-refractivity contribution is -0.274. The maximum Gasteiger partial charge on any atom is 0.573 e. The van der Waals surface area contributed by atoms with Gasteiger partial charge in [0.05, 0.1) is 18.2 Å². The lowest BCUT2D eigenvalue weighted by atomic mass is 9.98. The first-order chi connectivity index (χ1) is 11.8. The summed E-state index contributed by atoms with van der Waals surface area (Å²) in [6, 6.07) is 4.68. The summed E-state index contributed by atoms with van der Waals surface area (Å²) in [5.74, 6) is -1.30. The second-order valence-corrected chi connectivity index (χ2v) is 5.51. The Morgan fingerprint density at radius 2 is 2.04 bits per heavy atom. The SMILES string of the molecule is CCOC(=O)C1CCCN(C(=O)Nc2ccccc2OC(F)(F)F)C1. The van der Waals surface area contributed by atoms with Crippen molar-refractivity contribution in [2.75, 3.05) is 25.0 Å². The Morgan fingerprint density at radius 3 is 2.72 bits per heavy atom. The zero-order valence-electron chi connectivity index (χ0n) is 13.6. The van der Waals surface area contributed by atoms with Gasteiger partial charge in [-0.3, -0.25) is 4.79 Å². The second-order valence-electron chi connectivity index (χ2n) is 5.51. The molecule has 0 aromatic heterocycles. The van der Waals surface area contributed by atoms with Gasteiger partial charge >= 0.3 is 18.4 Å². The minimum absolute atomic E-state index is 0.0944. The molecule has 1 saturated heterocycles. The summed E-state index contributed by atoms with van der Waals surface area (Å²) in [5.41, 5.74) is -0.0944. The third-order valence-corrected chi connectivity index (χ3v) is 3.68. The minimum Gasteiger partial charge on any atom is -0.466 e. The van der Waals surface area contributed by atoms with Gasteiger partial charge in [0, 0.05) is 13.1 Å². The van der Waals surface area contributed by atoms with Crippen molar-refractivity contribution in [3.05, 3.63) is 24.3 Å². The average molecular weight is 360 g/mol. The molecule has 0 aliphatic carbocycles. The summed E-state index contributed by atoms with van der Waals surface area (Å²) < 4.78 is 46.2. The molecule has 9 heteroatoms. The number of alkyl halides is 3. The fourth-order valence-electron chi connectivity index (χ4n) is 2.59. The number of carbonyl (C=O) groups is 2. The fourth-order valence-corrected chi connectivity index (χ4v) is 2.59. The molecule has 1 heterocycles. The number of nitrogens with one attached hydrogen (secondary N) is 1. The molecule has 0 bridgehead atoms. The number of likely N-dealkylation sites (tertiary alicyclic amines) is 1. The maximum atomic E-state index is 12.4. The number of hydrogen-bond donors (Lipinski definition) is 1. The van der Waals surface area contributed by atoms with Crippen molar-refractivity contribution in [3.8, 4) is 5.75 Å². The Balaban J connectivity index is 2.03. The summed E-state index contributed by atoms with van der Waals surface area (Å²) in [7, 11) is 0. The molecule has 0 saturated carbocycles. The number of esters is 1. The molecule has 138 valence electrons. The molecule has 1 aromatic rings. The van der Waals surface area contributed by atoms with Crippen LogP contribution in [0.5, 0.6) is 5.75 Å². The first kappa shape index (κ1) is 18.9. The number of ether oxygens (including phenoxy) is 2. The van der Waals surface area contributed by atoms with E-state index in [1.54, 1.807) is 6.92 Å². The molecule has 1 aliphatic heterocycles. The van der Waals surface area contributed by atoms with E-state index in [0.717, 1.165) is 6.07 Å². The van der Waals surface area contributed by atoms with Gasteiger partial charge in [-0.1, -0.05) is 12.1 Å². The van der Waals surface area contributed by atoms with Gasteiger partial charge in [-0.25, -0.2) is 4.79 Å². The van der Waals surface area contributed by atoms with Crippen LogP contribution in [-0.4, -0.2) is 43.0 Å². The average Bonchev–Trinajstić information content (AvgIpc) is 2.55. The van der Waals surface area contributed by atoms with E-state index in [1.165, 1.54) is 23.1 Å². The summed E-state index contributed by atoms with van der Waals surface area (Å²) in [6.07, 6.45) is -3.64. The standard InChI is InChI=1S/C16H19F3N2O4/c1-2-24-14(22)11-6-5-9-21(10-11)15(23)20-12-7-3-4-8-13(12)25-16(17,18)19/h3-4,7-8,11H,2,5-6,9-10H2,1H3,(H,20,23). The normalized spacial score (nSPS) is 17.8. The molecule has 2 amide bonds. The van der Waals surface area contributed by atoms with Crippen LogP contribution in [0.15, 0.2) is 24.3 Å². The number of halogens is 3. The summed E-state index contributed by atoms with van der Waals surface area (Å²) in [4.78, 5) is 25.5. The van der Waals surface area contributed by atoms with Crippen molar-refractivity contribution in [2.24, 2.45) is 5.92 Å². The zero-order valence-corrected chi connectivity index (χ0v) is 13.6. The Morgan fingerprint density at radius 1 is 1.32 bits per heavy atom. The Bertz CT molecular complexity index is 622. The Hall–Kier alpha value is -2.45. The number of para-hydroxylation sites is 2. The predicted molar refractivity (Wildman–Crippen MR) is 83.1 cm³/mol. The molecule has 0 spiro atoms. The molecule has 6 nitrogen and oxygen atoms in total. The van der Waals surface area contributed by atoms with Gasteiger partial charge in [0.25, 0.3) is 0 Å². The molecular formula is C16H19F3N2O4. The Kier molecular flexibility index (Phi) is 6.11. The minimum atomic E-state index is -4.86. The highest BCUT2D eigenvalue weighted by Gasteiger charge is 2.33. The fraction of sp³-hybridized carbons (Fsp3) is 0.500. The molecule has 1 aromatic carbocycles. The lowest BCUT2D eigenvalue weighted by Gasteiger charge is -2.31. The van der Waals surface area contributed by atoms with E-state index < -0.39 is 24.1 Å². The van der Waals surface area contributed by atoms with Crippen molar-refractivity contribution in [1.29, 1.82) is 0 Å². The number of nitrogens with zero attached hydrogens (tertiary/aromatic N) is 1. The van der Waals surface area contributed by atoms with Crippen molar-refractivity contribution in [3.63, 3.8) is 0 Å². The summed E-state index contributed by atoms with van der Waals surface area (Å²) in [6.45, 7) is 2.52. The lowest BCUT2D eigenvalue weighted by Crippen LogP contribution is -2.44. The van der Waals surface area contributed by atoms with Crippen LogP contribution in [0.1, 0.15) is 19.8 Å². The van der Waals surface area contributed by atoms with Gasteiger partial charge in [0.15, 0.2) is 5.75 Å². The molecule has 1 atom stereocenters. The highest BCUT2D eigenvalue weighted by atomic mass is 19.4. The smallest absolute Gasteiger partial charge is 0.466 e. The van der Waals surface area contributed by atoms with Crippen LogP contribution in [0.2, 0.25) is 0 Å². The zero-order chi connectivity index (χ0) is 18.4. The number of hydrogen-bond acceptors (Lipinski definition) is 4. The number of rotatable bonds is 4. The second kappa shape index (κ2) is 8.09. The van der Waals surface area contributed by atoms with E-state index in [2.05, 4.69) is 10.1 Å². The number of piperidine rings is 1. The van der Waals surface area contributed by atoms with Crippen LogP contribution < -0.4 is 10.1 Å². The highest BCUT2D eigenvalue weighted by Crippen LogP contribution is 2.30. The van der Waals surface area contributed by atoms with Crippen LogP contribution in [0.3, 0.4) is 0 Å². The maximum absolute atomic E-state index is 12.4. The van der Waals surface area contributed by atoms with Crippen LogP contribution in [0.25, 0.3) is 0 Å². The van der Waals surface area contributed by atoms with Gasteiger partial charge in [-0.2, -0.15) is 0 Å². The third kappa shape index (κ3) is 5.54. The van der Waals surface area contributed by atoms with Gasteiger partial charge in [-0.05, 0) is 31.9 Å². The quantitative estimate of drug-likeness (QED) is 0.836. The first-order valence-electron chi connectivity index (χ1n) is 7.87. The van der Waals surface area contributed by atoms with E-state index in [-0.39, 0.29) is 24.8 Å². The topological polar surface area (TPSA) is 67.9 Å². The molecule has 2 rings (SSSR count). The number of anilines is 1. The van der Waals surface area contributed by atoms with E-state index in [9.17, 15) is 22.8 Å². The summed E-state index contributed by atoms with van der Waals surface area (Å²) >= 11 is 0. The highest BCUT2D eigenvalue weighted by molar-refractivity contribution is 5.91. The van der Waals surface area contributed by atoms with Gasteiger partial charge < -0.3 is 19.7 Å². The van der Waals surface area contributed by atoms with Crippen LogP contribution in [0.4, 0.5) is 23.7 Å². The van der Waals surface area contributed by atoms with Crippen molar-refractivity contribution in [2.45, 2.75) is 26.1 Å². The van der Waals surface area contributed by atoms with Crippen molar-refractivity contribution in [1.82, 2.24) is 4.90 Å². The van der Waals surface area contributed by atoms with Crippen molar-refractivity contribution < 1.29 is 32.2 Å². The molecule has 1 aliphatic rings. The van der Waals surface area contributed by atoms with Crippen LogP contribution >= 0.6 is 0 Å². The molecule has 25 heavy (non-hydrogen) atoms. The van der Waals surface area contributed by atoms with Crippen molar-refractivity contribution >= 4 is 17.7 Å². The predicted octanol–water partition coefficient (Wildman–Crippen LogP) is 3.39. The van der Waals surface area contributed by atoms with E-state index in [1.807, 2.05) is 0 Å².